The zero-order chi connectivity index (χ0) is 24.5. The third-order valence-corrected chi connectivity index (χ3v) is 5.89. The number of amides is 2. The summed E-state index contributed by atoms with van der Waals surface area (Å²) in [7, 11) is 3.57. The van der Waals surface area contributed by atoms with Crippen molar-refractivity contribution in [3.8, 4) is 0 Å². The molecule has 0 aliphatic carbocycles. The molecule has 0 radical (unpaired) electrons. The van der Waals surface area contributed by atoms with Crippen molar-refractivity contribution >= 4 is 65.4 Å². The van der Waals surface area contributed by atoms with Gasteiger partial charge >= 0.3 is 0 Å². The molecule has 2 aliphatic rings. The first-order chi connectivity index (χ1) is 15.6. The van der Waals surface area contributed by atoms with Gasteiger partial charge in [0, 0.05) is 52.7 Å². The van der Waals surface area contributed by atoms with Crippen molar-refractivity contribution in [2.24, 2.45) is 0 Å². The SMILES string of the molecule is CN1CCN(c2nc(Br)c[nH]c2=O)CC1=O.CN1CCNCC1=O.O=c1[nH]cc(Br)nc1Br. The van der Waals surface area contributed by atoms with E-state index >= 15 is 0 Å². The van der Waals surface area contributed by atoms with Crippen LogP contribution in [0.25, 0.3) is 0 Å². The Hall–Kier alpha value is -2.10. The minimum absolute atomic E-state index is 0.00701. The van der Waals surface area contributed by atoms with Crippen LogP contribution in [0.5, 0.6) is 0 Å². The van der Waals surface area contributed by atoms with E-state index in [9.17, 15) is 19.2 Å². The maximum Gasteiger partial charge on any atom is 0.290 e. The summed E-state index contributed by atoms with van der Waals surface area (Å²) in [6.45, 7) is 3.71. The monoisotopic (exact) mass is 652 g/mol. The number of carbonyl (C=O) groups is 2. The van der Waals surface area contributed by atoms with Gasteiger partial charge in [0.05, 0.1) is 13.1 Å². The Morgan fingerprint density at radius 3 is 1.94 bits per heavy atom. The molecule has 4 heterocycles. The smallest absolute Gasteiger partial charge is 0.290 e. The van der Waals surface area contributed by atoms with E-state index in [1.807, 2.05) is 7.05 Å². The van der Waals surface area contributed by atoms with E-state index in [1.54, 1.807) is 21.7 Å². The molecule has 2 amide bonds. The molecule has 0 aromatic carbocycles. The Balaban J connectivity index is 0.000000192. The minimum Gasteiger partial charge on any atom is -0.343 e. The predicted octanol–water partition coefficient (Wildman–Crippen LogP) is 0.154. The van der Waals surface area contributed by atoms with E-state index in [-0.39, 0.29) is 39.9 Å². The summed E-state index contributed by atoms with van der Waals surface area (Å²) < 4.78 is 1.44. The molecule has 0 saturated carbocycles. The van der Waals surface area contributed by atoms with Gasteiger partial charge in [0.25, 0.3) is 11.1 Å². The van der Waals surface area contributed by atoms with Crippen molar-refractivity contribution in [3.63, 3.8) is 0 Å². The lowest BCUT2D eigenvalue weighted by atomic mass is 10.3. The lowest BCUT2D eigenvalue weighted by Gasteiger charge is -2.32. The second-order valence-electron chi connectivity index (χ2n) is 6.95. The average Bonchev–Trinajstić information content (AvgIpc) is 2.78. The first-order valence-corrected chi connectivity index (χ1v) is 12.1. The molecule has 33 heavy (non-hydrogen) atoms. The minimum atomic E-state index is -0.277. The summed E-state index contributed by atoms with van der Waals surface area (Å²) in [6, 6.07) is 0. The number of rotatable bonds is 1. The quantitative estimate of drug-likeness (QED) is 0.394. The molecule has 2 saturated heterocycles. The number of nitrogens with zero attached hydrogens (tertiary/aromatic N) is 5. The molecule has 2 aromatic heterocycles. The van der Waals surface area contributed by atoms with Gasteiger partial charge < -0.3 is 30.0 Å². The van der Waals surface area contributed by atoms with Crippen LogP contribution in [-0.4, -0.2) is 94.9 Å². The van der Waals surface area contributed by atoms with Gasteiger partial charge in [-0.25, -0.2) is 9.97 Å². The van der Waals surface area contributed by atoms with Crippen LogP contribution < -0.4 is 21.3 Å². The van der Waals surface area contributed by atoms with Gasteiger partial charge in [-0.1, -0.05) is 0 Å². The molecule has 0 unspecified atom stereocenters. The number of anilines is 1. The highest BCUT2D eigenvalue weighted by atomic mass is 79.9. The fourth-order valence-corrected chi connectivity index (χ4v) is 3.71. The highest BCUT2D eigenvalue weighted by Gasteiger charge is 2.23. The number of nitrogens with one attached hydrogen (secondary N) is 3. The molecule has 3 N–H and O–H groups in total. The summed E-state index contributed by atoms with van der Waals surface area (Å²) >= 11 is 9.23. The van der Waals surface area contributed by atoms with Gasteiger partial charge in [0.15, 0.2) is 10.4 Å². The van der Waals surface area contributed by atoms with Crippen LogP contribution in [0.2, 0.25) is 0 Å². The van der Waals surface area contributed by atoms with Crippen molar-refractivity contribution in [3.05, 3.63) is 46.9 Å². The Morgan fingerprint density at radius 2 is 1.42 bits per heavy atom. The normalized spacial score (nSPS) is 16.0. The number of aromatic nitrogens is 4. The Morgan fingerprint density at radius 1 is 0.818 bits per heavy atom. The number of piperazine rings is 2. The number of hydrogen-bond donors (Lipinski definition) is 3. The largest absolute Gasteiger partial charge is 0.343 e. The van der Waals surface area contributed by atoms with Crippen molar-refractivity contribution in [2.75, 3.05) is 58.3 Å². The van der Waals surface area contributed by atoms with Gasteiger partial charge in [-0.2, -0.15) is 0 Å². The number of carbonyl (C=O) groups excluding carboxylic acids is 2. The molecule has 0 bridgehead atoms. The van der Waals surface area contributed by atoms with E-state index in [1.165, 1.54) is 12.4 Å². The van der Waals surface area contributed by atoms with Crippen LogP contribution >= 0.6 is 47.8 Å². The molecule has 0 spiro atoms. The van der Waals surface area contributed by atoms with E-state index < -0.39 is 0 Å². The molecule has 0 atom stereocenters. The maximum absolute atomic E-state index is 11.6. The Labute approximate surface area is 214 Å². The van der Waals surface area contributed by atoms with Gasteiger partial charge in [0.2, 0.25) is 11.8 Å². The molecule has 180 valence electrons. The fourth-order valence-electron chi connectivity index (χ4n) is 2.59. The van der Waals surface area contributed by atoms with Crippen molar-refractivity contribution in [1.82, 2.24) is 35.1 Å². The van der Waals surface area contributed by atoms with Crippen molar-refractivity contribution in [1.29, 1.82) is 0 Å². The first-order valence-electron chi connectivity index (χ1n) is 9.68. The van der Waals surface area contributed by atoms with Gasteiger partial charge in [0.1, 0.15) is 9.21 Å². The number of H-pyrrole nitrogens is 2. The molecule has 2 fully saturated rings. The summed E-state index contributed by atoms with van der Waals surface area (Å²) in [5, 5.41) is 2.97. The van der Waals surface area contributed by atoms with Crippen LogP contribution in [0.1, 0.15) is 0 Å². The van der Waals surface area contributed by atoms with E-state index in [0.29, 0.717) is 28.8 Å². The zero-order valence-electron chi connectivity index (χ0n) is 17.9. The molecule has 2 aromatic rings. The van der Waals surface area contributed by atoms with E-state index in [2.05, 4.69) is 73.0 Å². The number of halogens is 3. The third kappa shape index (κ3) is 8.64. The van der Waals surface area contributed by atoms with Crippen LogP contribution in [0.4, 0.5) is 5.82 Å². The molecule has 2 aliphatic heterocycles. The maximum atomic E-state index is 11.6. The predicted molar refractivity (Wildman–Crippen MR) is 133 cm³/mol. The number of aromatic amines is 2. The number of hydrogen-bond acceptors (Lipinski definition) is 8. The molecule has 15 heteroatoms. The summed E-state index contributed by atoms with van der Waals surface area (Å²) in [5.41, 5.74) is -0.501. The summed E-state index contributed by atoms with van der Waals surface area (Å²) in [6.07, 6.45) is 2.96. The average molecular weight is 655 g/mol. The summed E-state index contributed by atoms with van der Waals surface area (Å²) in [5.74, 6) is 0.472. The highest BCUT2D eigenvalue weighted by Crippen LogP contribution is 2.11. The van der Waals surface area contributed by atoms with Crippen LogP contribution in [0, 0.1) is 0 Å². The van der Waals surface area contributed by atoms with Crippen molar-refractivity contribution < 1.29 is 9.59 Å². The second kappa shape index (κ2) is 13.0. The standard InChI is InChI=1S/C9H11BrN4O2.C5H10N2O.C4H2Br2N2O/c1-13-2-3-14(5-7(13)15)8-9(16)11-4-6(10)12-8;1-7-3-2-6-4-5(7)8;5-2-1-7-4(9)3(6)8-2/h4H,2-3,5H2,1H3,(H,11,16);6H,2-4H2,1H3;1H,(H,7,9). The van der Waals surface area contributed by atoms with Crippen LogP contribution in [0.3, 0.4) is 0 Å². The molecular weight excluding hydrogens is 632 g/mol. The second-order valence-corrected chi connectivity index (χ2v) is 9.32. The van der Waals surface area contributed by atoms with E-state index in [0.717, 1.165) is 13.1 Å². The van der Waals surface area contributed by atoms with Gasteiger partial charge in [-0.3, -0.25) is 19.2 Å². The Bertz CT molecular complexity index is 1090. The van der Waals surface area contributed by atoms with E-state index in [4.69, 9.17) is 0 Å². The molecule has 4 rings (SSSR count). The van der Waals surface area contributed by atoms with Crippen molar-refractivity contribution in [2.45, 2.75) is 0 Å². The Kier molecular flexibility index (Phi) is 10.7. The lowest BCUT2D eigenvalue weighted by molar-refractivity contribution is -0.130. The fraction of sp³-hybridized carbons (Fsp3) is 0.444. The highest BCUT2D eigenvalue weighted by molar-refractivity contribution is 9.11. The zero-order valence-corrected chi connectivity index (χ0v) is 22.7. The third-order valence-electron chi connectivity index (χ3n) is 4.54. The van der Waals surface area contributed by atoms with Gasteiger partial charge in [-0.15, -0.1) is 0 Å². The number of likely N-dealkylation sites (N-methyl/N-ethyl adjacent to an activating group) is 2. The topological polar surface area (TPSA) is 147 Å². The molecule has 12 nitrogen and oxygen atoms in total. The van der Waals surface area contributed by atoms with Crippen LogP contribution in [-0.2, 0) is 9.59 Å². The first kappa shape index (κ1) is 27.1. The van der Waals surface area contributed by atoms with Crippen LogP contribution in [0.15, 0.2) is 35.8 Å². The molecular formula is C18H23Br3N8O4. The lowest BCUT2D eigenvalue weighted by Crippen LogP contribution is -2.50. The summed E-state index contributed by atoms with van der Waals surface area (Å²) in [4.78, 5) is 62.2. The van der Waals surface area contributed by atoms with Gasteiger partial charge in [-0.05, 0) is 47.8 Å².